The van der Waals surface area contributed by atoms with Gasteiger partial charge in [-0.15, -0.1) is 0 Å². The Bertz CT molecular complexity index is 1240. The maximum absolute atomic E-state index is 13.5. The summed E-state index contributed by atoms with van der Waals surface area (Å²) in [5, 5.41) is 2.82. The van der Waals surface area contributed by atoms with E-state index in [9.17, 15) is 9.18 Å². The minimum absolute atomic E-state index is 0.294. The SMILES string of the molecule is COc1cc(C(=O)Nc2ccc3oc(-c4cccc(F)c4)nc3c2)cc(OC)c1OC. The molecule has 0 spiro atoms. The van der Waals surface area contributed by atoms with E-state index in [0.29, 0.717) is 51.1 Å². The number of aromatic nitrogens is 1. The van der Waals surface area contributed by atoms with Gasteiger partial charge in [0.25, 0.3) is 5.91 Å². The van der Waals surface area contributed by atoms with Crippen LogP contribution in [-0.4, -0.2) is 32.2 Å². The van der Waals surface area contributed by atoms with E-state index in [2.05, 4.69) is 10.3 Å². The molecule has 3 aromatic carbocycles. The maximum Gasteiger partial charge on any atom is 0.255 e. The van der Waals surface area contributed by atoms with Crippen molar-refractivity contribution < 1.29 is 27.8 Å². The number of carbonyl (C=O) groups excluding carboxylic acids is 1. The highest BCUT2D eigenvalue weighted by Crippen LogP contribution is 2.38. The number of hydrogen-bond donors (Lipinski definition) is 1. The molecule has 1 heterocycles. The molecule has 0 radical (unpaired) electrons. The number of nitrogens with one attached hydrogen (secondary N) is 1. The number of ether oxygens (including phenoxy) is 3. The second-order valence-corrected chi connectivity index (χ2v) is 6.58. The van der Waals surface area contributed by atoms with Crippen LogP contribution in [0.1, 0.15) is 10.4 Å². The smallest absolute Gasteiger partial charge is 0.255 e. The Labute approximate surface area is 177 Å². The van der Waals surface area contributed by atoms with Crippen LogP contribution in [0.4, 0.5) is 10.1 Å². The van der Waals surface area contributed by atoms with Crippen LogP contribution in [0.2, 0.25) is 0 Å². The number of oxazole rings is 1. The molecule has 7 nitrogen and oxygen atoms in total. The van der Waals surface area contributed by atoms with E-state index < -0.39 is 0 Å². The van der Waals surface area contributed by atoms with Crippen molar-refractivity contribution in [2.75, 3.05) is 26.6 Å². The average molecular weight is 422 g/mol. The number of methoxy groups -OCH3 is 3. The van der Waals surface area contributed by atoms with Gasteiger partial charge >= 0.3 is 0 Å². The van der Waals surface area contributed by atoms with Gasteiger partial charge < -0.3 is 23.9 Å². The molecule has 0 aliphatic heterocycles. The first kappa shape index (κ1) is 20.2. The summed E-state index contributed by atoms with van der Waals surface area (Å²) in [4.78, 5) is 17.2. The Morgan fingerprint density at radius 1 is 0.968 bits per heavy atom. The van der Waals surface area contributed by atoms with Crippen molar-refractivity contribution in [3.63, 3.8) is 0 Å². The van der Waals surface area contributed by atoms with Gasteiger partial charge in [-0.05, 0) is 48.5 Å². The van der Waals surface area contributed by atoms with Gasteiger partial charge in [0.05, 0.1) is 21.3 Å². The van der Waals surface area contributed by atoms with Gasteiger partial charge in [0.1, 0.15) is 11.3 Å². The molecule has 0 fully saturated rings. The molecule has 0 saturated heterocycles. The third-order valence-electron chi connectivity index (χ3n) is 4.64. The fourth-order valence-corrected chi connectivity index (χ4v) is 3.17. The number of anilines is 1. The van der Waals surface area contributed by atoms with E-state index in [1.54, 1.807) is 42.5 Å². The Kier molecular flexibility index (Phi) is 5.44. The summed E-state index contributed by atoms with van der Waals surface area (Å²) in [5.41, 5.74) is 2.42. The number of carbonyl (C=O) groups is 1. The minimum atomic E-state index is -0.377. The molecule has 1 N–H and O–H groups in total. The summed E-state index contributed by atoms with van der Waals surface area (Å²) >= 11 is 0. The molecule has 0 aliphatic rings. The van der Waals surface area contributed by atoms with Crippen molar-refractivity contribution in [1.82, 2.24) is 4.98 Å². The number of hydrogen-bond acceptors (Lipinski definition) is 6. The van der Waals surface area contributed by atoms with Crippen LogP contribution in [-0.2, 0) is 0 Å². The summed E-state index contributed by atoms with van der Waals surface area (Å²) in [7, 11) is 4.45. The third-order valence-corrected chi connectivity index (χ3v) is 4.64. The van der Waals surface area contributed by atoms with E-state index in [0.717, 1.165) is 0 Å². The monoisotopic (exact) mass is 422 g/mol. The van der Waals surface area contributed by atoms with Crippen molar-refractivity contribution in [3.05, 3.63) is 66.0 Å². The maximum atomic E-state index is 13.5. The first-order chi connectivity index (χ1) is 15.0. The summed E-state index contributed by atoms with van der Waals surface area (Å²) < 4.78 is 35.1. The lowest BCUT2D eigenvalue weighted by Crippen LogP contribution is -2.12. The van der Waals surface area contributed by atoms with Gasteiger partial charge in [0.15, 0.2) is 17.1 Å². The summed E-state index contributed by atoms with van der Waals surface area (Å²) in [5.74, 6) is 0.695. The van der Waals surface area contributed by atoms with Crippen molar-refractivity contribution in [1.29, 1.82) is 0 Å². The Morgan fingerprint density at radius 2 is 1.71 bits per heavy atom. The molecule has 0 aliphatic carbocycles. The van der Waals surface area contributed by atoms with Gasteiger partial charge in [-0.2, -0.15) is 0 Å². The first-order valence-electron chi connectivity index (χ1n) is 9.30. The van der Waals surface area contributed by atoms with Gasteiger partial charge in [-0.3, -0.25) is 4.79 Å². The zero-order valence-corrected chi connectivity index (χ0v) is 17.1. The quantitative estimate of drug-likeness (QED) is 0.475. The number of nitrogens with zero attached hydrogens (tertiary/aromatic N) is 1. The number of rotatable bonds is 6. The summed E-state index contributed by atoms with van der Waals surface area (Å²) in [6.07, 6.45) is 0. The Balaban J connectivity index is 1.62. The van der Waals surface area contributed by atoms with E-state index in [-0.39, 0.29) is 11.7 Å². The van der Waals surface area contributed by atoms with E-state index in [1.807, 2.05) is 0 Å². The second kappa shape index (κ2) is 8.35. The molecule has 31 heavy (non-hydrogen) atoms. The fourth-order valence-electron chi connectivity index (χ4n) is 3.17. The average Bonchev–Trinajstić information content (AvgIpc) is 3.21. The molecule has 158 valence electrons. The molecular weight excluding hydrogens is 403 g/mol. The molecular formula is C23H19FN2O5. The zero-order valence-electron chi connectivity index (χ0n) is 17.1. The van der Waals surface area contributed by atoms with E-state index in [1.165, 1.54) is 33.5 Å². The normalized spacial score (nSPS) is 10.7. The fraction of sp³-hybridized carbons (Fsp3) is 0.130. The molecule has 0 atom stereocenters. The predicted molar refractivity (Wildman–Crippen MR) is 113 cm³/mol. The van der Waals surface area contributed by atoms with Crippen LogP contribution >= 0.6 is 0 Å². The highest BCUT2D eigenvalue weighted by molar-refractivity contribution is 6.05. The molecule has 0 bridgehead atoms. The van der Waals surface area contributed by atoms with Crippen LogP contribution in [0.3, 0.4) is 0 Å². The van der Waals surface area contributed by atoms with Crippen LogP contribution in [0.15, 0.2) is 59.0 Å². The molecule has 1 amide bonds. The van der Waals surface area contributed by atoms with E-state index in [4.69, 9.17) is 18.6 Å². The molecule has 8 heteroatoms. The first-order valence-corrected chi connectivity index (χ1v) is 9.30. The minimum Gasteiger partial charge on any atom is -0.493 e. The van der Waals surface area contributed by atoms with Gasteiger partial charge in [-0.25, -0.2) is 9.37 Å². The molecule has 0 unspecified atom stereocenters. The van der Waals surface area contributed by atoms with Gasteiger partial charge in [-0.1, -0.05) is 6.07 Å². The van der Waals surface area contributed by atoms with Crippen LogP contribution < -0.4 is 19.5 Å². The zero-order chi connectivity index (χ0) is 22.0. The topological polar surface area (TPSA) is 82.8 Å². The van der Waals surface area contributed by atoms with Gasteiger partial charge in [0, 0.05) is 16.8 Å². The lowest BCUT2D eigenvalue weighted by Gasteiger charge is -2.14. The number of halogens is 1. The Morgan fingerprint density at radius 3 is 2.35 bits per heavy atom. The number of fused-ring (bicyclic) bond motifs is 1. The van der Waals surface area contributed by atoms with Crippen molar-refractivity contribution >= 4 is 22.7 Å². The summed E-state index contributed by atoms with van der Waals surface area (Å²) in [6.45, 7) is 0. The Hall–Kier alpha value is -4.07. The lowest BCUT2D eigenvalue weighted by molar-refractivity contribution is 0.102. The highest BCUT2D eigenvalue weighted by Gasteiger charge is 2.18. The van der Waals surface area contributed by atoms with Crippen molar-refractivity contribution in [2.45, 2.75) is 0 Å². The third kappa shape index (κ3) is 4.00. The van der Waals surface area contributed by atoms with Gasteiger partial charge in [0.2, 0.25) is 11.6 Å². The van der Waals surface area contributed by atoms with Crippen LogP contribution in [0.25, 0.3) is 22.6 Å². The number of benzene rings is 3. The van der Waals surface area contributed by atoms with E-state index >= 15 is 0 Å². The number of amides is 1. The molecule has 4 aromatic rings. The molecule has 4 rings (SSSR count). The standard InChI is InChI=1S/C23H19FN2O5/c1-28-19-10-14(11-20(29-2)21(19)30-3)22(27)25-16-7-8-18-17(12-16)26-23(31-18)13-5-4-6-15(24)9-13/h4-12H,1-3H3,(H,25,27). The van der Waals surface area contributed by atoms with Crippen molar-refractivity contribution in [3.8, 4) is 28.7 Å². The van der Waals surface area contributed by atoms with Crippen LogP contribution in [0.5, 0.6) is 17.2 Å². The molecule has 1 aromatic heterocycles. The second-order valence-electron chi connectivity index (χ2n) is 6.58. The lowest BCUT2D eigenvalue weighted by atomic mass is 10.1. The molecule has 0 saturated carbocycles. The predicted octanol–water partition coefficient (Wildman–Crippen LogP) is 4.91. The van der Waals surface area contributed by atoms with Crippen LogP contribution in [0, 0.1) is 5.82 Å². The van der Waals surface area contributed by atoms with Crippen molar-refractivity contribution in [2.24, 2.45) is 0 Å². The summed E-state index contributed by atoms with van der Waals surface area (Å²) in [6, 6.07) is 14.2. The highest BCUT2D eigenvalue weighted by atomic mass is 19.1. The largest absolute Gasteiger partial charge is 0.493 e.